The van der Waals surface area contributed by atoms with Gasteiger partial charge < -0.3 is 15.4 Å². The minimum absolute atomic E-state index is 0.553. The normalized spacial score (nSPS) is 17.3. The molecule has 2 rings (SSSR count). The summed E-state index contributed by atoms with van der Waals surface area (Å²) in [6.07, 6.45) is 2.31. The molecule has 0 aromatic heterocycles. The van der Waals surface area contributed by atoms with Gasteiger partial charge in [0.25, 0.3) is 0 Å². The van der Waals surface area contributed by atoms with E-state index in [0.29, 0.717) is 29.5 Å². The number of ether oxygens (including phenoxy) is 1. The molecule has 0 aliphatic carbocycles. The fraction of sp³-hybridized carbons (Fsp3) is 0.500. The fourth-order valence-electron chi connectivity index (χ4n) is 2.19. The topological polar surface area (TPSA) is 62.3 Å². The predicted octanol–water partition coefficient (Wildman–Crippen LogP) is 1.86. The number of nitrogens with two attached hydrogens (primary N) is 1. The van der Waals surface area contributed by atoms with E-state index in [1.54, 1.807) is 18.2 Å². The van der Waals surface area contributed by atoms with Gasteiger partial charge in [-0.25, -0.2) is 0 Å². The van der Waals surface area contributed by atoms with Gasteiger partial charge in [-0.3, -0.25) is 0 Å². The first-order valence-electron chi connectivity index (χ1n) is 6.30. The molecule has 1 aromatic rings. The molecule has 0 spiro atoms. The Bertz CT molecular complexity index is 445. The lowest BCUT2D eigenvalue weighted by atomic mass is 9.98. The Labute approximate surface area is 108 Å². The highest BCUT2D eigenvalue weighted by molar-refractivity contribution is 5.52. The van der Waals surface area contributed by atoms with E-state index in [2.05, 4.69) is 18.0 Å². The monoisotopic (exact) mass is 245 g/mol. The SMILES string of the molecule is CN1CCC(COc2cc(N)ccc2C#N)CC1. The molecule has 18 heavy (non-hydrogen) atoms. The van der Waals surface area contributed by atoms with Gasteiger partial charge in [0, 0.05) is 11.8 Å². The van der Waals surface area contributed by atoms with Gasteiger partial charge in [-0.1, -0.05) is 0 Å². The molecule has 1 heterocycles. The summed E-state index contributed by atoms with van der Waals surface area (Å²) < 4.78 is 5.76. The van der Waals surface area contributed by atoms with Crippen molar-refractivity contribution in [3.05, 3.63) is 23.8 Å². The lowest BCUT2D eigenvalue weighted by molar-refractivity contribution is 0.160. The van der Waals surface area contributed by atoms with Crippen molar-refractivity contribution in [2.75, 3.05) is 32.5 Å². The molecule has 0 bridgehead atoms. The smallest absolute Gasteiger partial charge is 0.139 e. The maximum Gasteiger partial charge on any atom is 0.139 e. The van der Waals surface area contributed by atoms with Gasteiger partial charge in [-0.15, -0.1) is 0 Å². The second-order valence-electron chi connectivity index (χ2n) is 4.93. The maximum atomic E-state index is 9.00. The van der Waals surface area contributed by atoms with E-state index in [-0.39, 0.29) is 0 Å². The molecule has 1 aromatic carbocycles. The summed E-state index contributed by atoms with van der Waals surface area (Å²) in [4.78, 5) is 2.33. The Morgan fingerprint density at radius 3 is 2.83 bits per heavy atom. The largest absolute Gasteiger partial charge is 0.492 e. The number of hydrogen-bond acceptors (Lipinski definition) is 4. The zero-order valence-corrected chi connectivity index (χ0v) is 10.7. The fourth-order valence-corrected chi connectivity index (χ4v) is 2.19. The zero-order chi connectivity index (χ0) is 13.0. The molecule has 4 nitrogen and oxygen atoms in total. The third kappa shape index (κ3) is 3.14. The van der Waals surface area contributed by atoms with E-state index >= 15 is 0 Å². The first kappa shape index (κ1) is 12.7. The quantitative estimate of drug-likeness (QED) is 0.826. The van der Waals surface area contributed by atoms with Gasteiger partial charge in [0.05, 0.1) is 12.2 Å². The molecule has 1 aliphatic rings. The Balaban J connectivity index is 1.94. The van der Waals surface area contributed by atoms with Crippen LogP contribution in [0.5, 0.6) is 5.75 Å². The molecular weight excluding hydrogens is 226 g/mol. The van der Waals surface area contributed by atoms with Crippen LogP contribution in [0.4, 0.5) is 5.69 Å². The average molecular weight is 245 g/mol. The molecule has 1 fully saturated rings. The third-order valence-corrected chi connectivity index (χ3v) is 3.44. The molecule has 1 saturated heterocycles. The predicted molar refractivity (Wildman–Crippen MR) is 71.3 cm³/mol. The Morgan fingerprint density at radius 2 is 2.17 bits per heavy atom. The van der Waals surface area contributed by atoms with Crippen LogP contribution in [0.2, 0.25) is 0 Å². The Morgan fingerprint density at radius 1 is 1.44 bits per heavy atom. The van der Waals surface area contributed by atoms with Crippen LogP contribution in [0, 0.1) is 17.2 Å². The molecule has 0 atom stereocenters. The molecule has 0 radical (unpaired) electrons. The molecule has 1 aliphatic heterocycles. The molecule has 2 N–H and O–H groups in total. The zero-order valence-electron chi connectivity index (χ0n) is 10.7. The van der Waals surface area contributed by atoms with Gasteiger partial charge in [0.15, 0.2) is 0 Å². The van der Waals surface area contributed by atoms with E-state index in [4.69, 9.17) is 15.7 Å². The molecule has 0 unspecified atom stereocenters. The number of nitrogen functional groups attached to an aromatic ring is 1. The third-order valence-electron chi connectivity index (χ3n) is 3.44. The van der Waals surface area contributed by atoms with Crippen molar-refractivity contribution in [3.8, 4) is 11.8 Å². The Hall–Kier alpha value is -1.73. The maximum absolute atomic E-state index is 9.00. The van der Waals surface area contributed by atoms with Crippen LogP contribution in [0.3, 0.4) is 0 Å². The van der Waals surface area contributed by atoms with Crippen molar-refractivity contribution in [3.63, 3.8) is 0 Å². The summed E-state index contributed by atoms with van der Waals surface area (Å²) in [5.74, 6) is 1.19. The highest BCUT2D eigenvalue weighted by atomic mass is 16.5. The van der Waals surface area contributed by atoms with Crippen LogP contribution in [0.1, 0.15) is 18.4 Å². The van der Waals surface area contributed by atoms with Crippen LogP contribution in [0.25, 0.3) is 0 Å². The number of likely N-dealkylation sites (tertiary alicyclic amines) is 1. The Kier molecular flexibility index (Phi) is 4.06. The number of nitrogens with zero attached hydrogens (tertiary/aromatic N) is 2. The second-order valence-corrected chi connectivity index (χ2v) is 4.93. The number of nitriles is 1. The number of benzene rings is 1. The molecule has 4 heteroatoms. The van der Waals surface area contributed by atoms with Gasteiger partial charge in [0.1, 0.15) is 11.8 Å². The number of anilines is 1. The highest BCUT2D eigenvalue weighted by Crippen LogP contribution is 2.23. The van der Waals surface area contributed by atoms with Crippen molar-refractivity contribution in [2.45, 2.75) is 12.8 Å². The van der Waals surface area contributed by atoms with Gasteiger partial charge in [-0.05, 0) is 51.0 Å². The summed E-state index contributed by atoms with van der Waals surface area (Å²) in [5, 5.41) is 9.00. The minimum Gasteiger partial charge on any atom is -0.492 e. The summed E-state index contributed by atoms with van der Waals surface area (Å²) >= 11 is 0. The molecule has 96 valence electrons. The number of rotatable bonds is 3. The molecule has 0 saturated carbocycles. The molecular formula is C14H19N3O. The highest BCUT2D eigenvalue weighted by Gasteiger charge is 2.17. The van der Waals surface area contributed by atoms with Crippen LogP contribution in [-0.2, 0) is 0 Å². The van der Waals surface area contributed by atoms with Gasteiger partial charge >= 0.3 is 0 Å². The minimum atomic E-state index is 0.553. The van der Waals surface area contributed by atoms with Gasteiger partial charge in [-0.2, -0.15) is 5.26 Å². The van der Waals surface area contributed by atoms with E-state index in [0.717, 1.165) is 25.9 Å². The van der Waals surface area contributed by atoms with Crippen LogP contribution < -0.4 is 10.5 Å². The van der Waals surface area contributed by atoms with E-state index < -0.39 is 0 Å². The van der Waals surface area contributed by atoms with Gasteiger partial charge in [0.2, 0.25) is 0 Å². The number of piperidine rings is 1. The standard InChI is InChI=1S/C14H19N3O/c1-17-6-4-11(5-7-17)10-18-14-8-13(16)3-2-12(14)9-15/h2-3,8,11H,4-7,10,16H2,1H3. The van der Waals surface area contributed by atoms with Crippen molar-refractivity contribution in [1.29, 1.82) is 5.26 Å². The summed E-state index contributed by atoms with van der Waals surface area (Å²) in [7, 11) is 2.14. The lowest BCUT2D eigenvalue weighted by Gasteiger charge is -2.28. The van der Waals surface area contributed by atoms with Crippen LogP contribution >= 0.6 is 0 Å². The summed E-state index contributed by atoms with van der Waals surface area (Å²) in [6.45, 7) is 2.91. The van der Waals surface area contributed by atoms with Crippen molar-refractivity contribution in [1.82, 2.24) is 4.90 Å². The van der Waals surface area contributed by atoms with Crippen molar-refractivity contribution < 1.29 is 4.74 Å². The second kappa shape index (κ2) is 5.74. The van der Waals surface area contributed by atoms with Crippen LogP contribution in [0.15, 0.2) is 18.2 Å². The summed E-state index contributed by atoms with van der Waals surface area (Å²) in [6, 6.07) is 7.29. The summed E-state index contributed by atoms with van der Waals surface area (Å²) in [5.41, 5.74) is 6.90. The first-order chi connectivity index (χ1) is 8.69. The molecule has 0 amide bonds. The van der Waals surface area contributed by atoms with Crippen LogP contribution in [-0.4, -0.2) is 31.6 Å². The number of hydrogen-bond donors (Lipinski definition) is 1. The lowest BCUT2D eigenvalue weighted by Crippen LogP contribution is -2.32. The van der Waals surface area contributed by atoms with E-state index in [1.807, 2.05) is 0 Å². The first-order valence-corrected chi connectivity index (χ1v) is 6.30. The van der Waals surface area contributed by atoms with Crippen molar-refractivity contribution >= 4 is 5.69 Å². The van der Waals surface area contributed by atoms with E-state index in [1.165, 1.54) is 0 Å². The van der Waals surface area contributed by atoms with Crippen molar-refractivity contribution in [2.24, 2.45) is 5.92 Å². The average Bonchev–Trinajstić information content (AvgIpc) is 2.38. The van der Waals surface area contributed by atoms with E-state index in [9.17, 15) is 0 Å².